The van der Waals surface area contributed by atoms with E-state index < -0.39 is 0 Å². The van der Waals surface area contributed by atoms with Gasteiger partial charge in [-0.15, -0.1) is 0 Å². The Bertz CT molecular complexity index is 878. The minimum Gasteiger partial charge on any atom is -0.483 e. The normalized spacial score (nSPS) is 11.1. The molecule has 0 aromatic heterocycles. The first-order valence-electron chi connectivity index (χ1n) is 9.81. The summed E-state index contributed by atoms with van der Waals surface area (Å²) in [6, 6.07) is 12.6. The molecule has 2 rings (SSSR count). The maximum absolute atomic E-state index is 12.5. The number of para-hydroxylation sites is 1. The molecular formula is C23H29BrN2O4. The monoisotopic (exact) mass is 476 g/mol. The average Bonchev–Trinajstić information content (AvgIpc) is 2.70. The van der Waals surface area contributed by atoms with Crippen LogP contribution in [0.1, 0.15) is 43.1 Å². The number of benzene rings is 2. The number of ether oxygens (including phenoxy) is 2. The average molecular weight is 477 g/mol. The van der Waals surface area contributed by atoms with E-state index in [4.69, 9.17) is 9.47 Å². The van der Waals surface area contributed by atoms with Crippen LogP contribution in [0.5, 0.6) is 5.75 Å². The van der Waals surface area contributed by atoms with Crippen LogP contribution < -0.4 is 15.4 Å². The second kappa shape index (κ2) is 11.1. The first-order chi connectivity index (χ1) is 14.2. The van der Waals surface area contributed by atoms with Crippen LogP contribution in [0.4, 0.5) is 5.69 Å². The van der Waals surface area contributed by atoms with Crippen LogP contribution >= 0.6 is 15.9 Å². The molecule has 0 unspecified atom stereocenters. The zero-order valence-corrected chi connectivity index (χ0v) is 19.5. The lowest BCUT2D eigenvalue weighted by Gasteiger charge is -2.23. The van der Waals surface area contributed by atoms with Gasteiger partial charge in [-0.05, 0) is 42.2 Å². The summed E-state index contributed by atoms with van der Waals surface area (Å²) in [6.07, 6.45) is 0.716. The van der Waals surface area contributed by atoms with E-state index in [2.05, 4.69) is 47.3 Å². The highest BCUT2D eigenvalue weighted by Crippen LogP contribution is 2.33. The molecule has 0 spiro atoms. The van der Waals surface area contributed by atoms with E-state index in [-0.39, 0.29) is 23.8 Å². The summed E-state index contributed by atoms with van der Waals surface area (Å²) < 4.78 is 11.7. The lowest BCUT2D eigenvalue weighted by molar-refractivity contribution is -0.118. The minimum absolute atomic E-state index is 0.136. The first kappa shape index (κ1) is 23.9. The van der Waals surface area contributed by atoms with Gasteiger partial charge in [-0.25, -0.2) is 0 Å². The van der Waals surface area contributed by atoms with Crippen molar-refractivity contribution in [3.63, 3.8) is 0 Å². The van der Waals surface area contributed by atoms with Crippen LogP contribution in [-0.2, 0) is 14.9 Å². The van der Waals surface area contributed by atoms with Gasteiger partial charge in [0.25, 0.3) is 11.8 Å². The van der Waals surface area contributed by atoms with Gasteiger partial charge in [-0.2, -0.15) is 0 Å². The number of carbonyl (C=O) groups excluding carboxylic acids is 2. The summed E-state index contributed by atoms with van der Waals surface area (Å²) in [5.41, 5.74) is 1.72. The molecule has 0 radical (unpaired) electrons. The molecule has 2 aromatic carbocycles. The zero-order valence-electron chi connectivity index (χ0n) is 17.9. The van der Waals surface area contributed by atoms with Crippen molar-refractivity contribution < 1.29 is 19.1 Å². The smallest absolute Gasteiger partial charge is 0.262 e. The van der Waals surface area contributed by atoms with Crippen LogP contribution in [0.3, 0.4) is 0 Å². The van der Waals surface area contributed by atoms with Gasteiger partial charge in [0.2, 0.25) is 0 Å². The highest BCUT2D eigenvalue weighted by Gasteiger charge is 2.20. The van der Waals surface area contributed by atoms with Crippen molar-refractivity contribution in [2.24, 2.45) is 0 Å². The van der Waals surface area contributed by atoms with Gasteiger partial charge in [0.05, 0.1) is 11.3 Å². The number of rotatable bonds is 9. The van der Waals surface area contributed by atoms with Crippen LogP contribution in [0.25, 0.3) is 0 Å². The molecule has 0 atom stereocenters. The Morgan fingerprint density at radius 3 is 2.53 bits per heavy atom. The Labute approximate surface area is 186 Å². The number of hydrogen-bond donors (Lipinski definition) is 2. The van der Waals surface area contributed by atoms with Gasteiger partial charge < -0.3 is 20.1 Å². The molecule has 7 heteroatoms. The molecule has 0 fully saturated rings. The maximum atomic E-state index is 12.5. The molecule has 0 bridgehead atoms. The molecule has 30 heavy (non-hydrogen) atoms. The van der Waals surface area contributed by atoms with Crippen molar-refractivity contribution in [2.75, 3.05) is 32.2 Å². The van der Waals surface area contributed by atoms with Crippen LogP contribution in [0.2, 0.25) is 0 Å². The first-order valence-corrected chi connectivity index (χ1v) is 10.6. The number of halogens is 1. The van der Waals surface area contributed by atoms with E-state index in [1.54, 1.807) is 31.4 Å². The van der Waals surface area contributed by atoms with Gasteiger partial charge in [-0.3, -0.25) is 9.59 Å². The maximum Gasteiger partial charge on any atom is 0.262 e. The van der Waals surface area contributed by atoms with E-state index in [0.717, 1.165) is 10.0 Å². The molecule has 0 aliphatic heterocycles. The second-order valence-corrected chi connectivity index (χ2v) is 8.79. The molecule has 0 heterocycles. The fraction of sp³-hybridized carbons (Fsp3) is 0.391. The molecule has 162 valence electrons. The Morgan fingerprint density at radius 2 is 1.83 bits per heavy atom. The quantitative estimate of drug-likeness (QED) is 0.521. The molecule has 0 aliphatic carbocycles. The third kappa shape index (κ3) is 7.15. The van der Waals surface area contributed by atoms with Crippen molar-refractivity contribution in [1.82, 2.24) is 5.32 Å². The fourth-order valence-corrected chi connectivity index (χ4v) is 3.21. The number of hydrogen-bond acceptors (Lipinski definition) is 4. The van der Waals surface area contributed by atoms with Crippen molar-refractivity contribution in [1.29, 1.82) is 0 Å². The summed E-state index contributed by atoms with van der Waals surface area (Å²) >= 11 is 3.48. The van der Waals surface area contributed by atoms with Crippen LogP contribution in [0.15, 0.2) is 46.9 Å². The number of carbonyl (C=O) groups is 2. The van der Waals surface area contributed by atoms with Gasteiger partial charge in [0, 0.05) is 30.3 Å². The highest BCUT2D eigenvalue weighted by atomic mass is 79.9. The Balaban J connectivity index is 2.02. The number of anilines is 1. The molecule has 0 saturated carbocycles. The van der Waals surface area contributed by atoms with Gasteiger partial charge in [0.15, 0.2) is 6.61 Å². The zero-order chi connectivity index (χ0) is 22.1. The molecule has 2 amide bonds. The van der Waals surface area contributed by atoms with Gasteiger partial charge in [-0.1, -0.05) is 48.8 Å². The third-order valence-electron chi connectivity index (χ3n) is 4.36. The Kier molecular flexibility index (Phi) is 8.87. The summed E-state index contributed by atoms with van der Waals surface area (Å²) in [5, 5.41) is 5.60. The van der Waals surface area contributed by atoms with E-state index in [0.29, 0.717) is 36.6 Å². The number of amides is 2. The van der Waals surface area contributed by atoms with Crippen molar-refractivity contribution in [3.8, 4) is 5.75 Å². The Morgan fingerprint density at radius 1 is 1.10 bits per heavy atom. The number of methoxy groups -OCH3 is 1. The van der Waals surface area contributed by atoms with Gasteiger partial charge in [0.1, 0.15) is 5.75 Å². The van der Waals surface area contributed by atoms with E-state index in [9.17, 15) is 9.59 Å². The lowest BCUT2D eigenvalue weighted by Crippen LogP contribution is -2.28. The predicted octanol–water partition coefficient (Wildman–Crippen LogP) is 4.53. The van der Waals surface area contributed by atoms with Crippen molar-refractivity contribution in [3.05, 3.63) is 58.1 Å². The minimum atomic E-state index is -0.336. The highest BCUT2D eigenvalue weighted by molar-refractivity contribution is 9.10. The third-order valence-corrected chi connectivity index (χ3v) is 4.86. The second-order valence-electron chi connectivity index (χ2n) is 7.88. The Hall–Kier alpha value is -2.38. The van der Waals surface area contributed by atoms with Crippen molar-refractivity contribution >= 4 is 33.4 Å². The summed E-state index contributed by atoms with van der Waals surface area (Å²) in [5.74, 6) is 0.0771. The molecule has 2 N–H and O–H groups in total. The standard InChI is InChI=1S/C23H29BrN2O4/c1-23(2,3)18-14-16(24)10-11-20(18)30-15-21(27)26-19-9-6-5-8-17(19)22(28)25-12-7-13-29-4/h5-6,8-11,14H,7,12-13,15H2,1-4H3,(H,25,28)(H,26,27). The predicted molar refractivity (Wildman–Crippen MR) is 122 cm³/mol. The van der Waals surface area contributed by atoms with Crippen molar-refractivity contribution in [2.45, 2.75) is 32.6 Å². The molecule has 6 nitrogen and oxygen atoms in total. The van der Waals surface area contributed by atoms with Gasteiger partial charge >= 0.3 is 0 Å². The molecule has 2 aromatic rings. The lowest BCUT2D eigenvalue weighted by atomic mass is 9.86. The molecule has 0 aliphatic rings. The van der Waals surface area contributed by atoms with Crippen LogP contribution in [-0.4, -0.2) is 38.7 Å². The van der Waals surface area contributed by atoms with Crippen LogP contribution in [0, 0.1) is 0 Å². The molecular weight excluding hydrogens is 448 g/mol. The van der Waals surface area contributed by atoms with E-state index in [1.165, 1.54) is 0 Å². The fourth-order valence-electron chi connectivity index (χ4n) is 2.85. The molecule has 0 saturated heterocycles. The van der Waals surface area contributed by atoms with E-state index >= 15 is 0 Å². The summed E-state index contributed by atoms with van der Waals surface area (Å²) in [7, 11) is 1.62. The largest absolute Gasteiger partial charge is 0.483 e. The summed E-state index contributed by atoms with van der Waals surface area (Å²) in [6.45, 7) is 7.17. The van der Waals surface area contributed by atoms with E-state index in [1.807, 2.05) is 18.2 Å². The summed E-state index contributed by atoms with van der Waals surface area (Å²) in [4.78, 5) is 24.9. The number of nitrogens with one attached hydrogen (secondary N) is 2. The SMILES string of the molecule is COCCCNC(=O)c1ccccc1NC(=O)COc1ccc(Br)cc1C(C)(C)C. The topological polar surface area (TPSA) is 76.7 Å².